The van der Waals surface area contributed by atoms with E-state index in [1.807, 2.05) is 12.1 Å². The number of hydrogen-bond donors (Lipinski definition) is 0. The van der Waals surface area contributed by atoms with Crippen molar-refractivity contribution in [3.8, 4) is 0 Å². The fourth-order valence-electron chi connectivity index (χ4n) is 2.03. The molecule has 120 valence electrons. The van der Waals surface area contributed by atoms with Crippen LogP contribution in [-0.2, 0) is 16.0 Å². The van der Waals surface area contributed by atoms with Crippen molar-refractivity contribution >= 4 is 11.6 Å². The zero-order valence-electron chi connectivity index (χ0n) is 12.6. The zero-order valence-corrected chi connectivity index (χ0v) is 12.6. The molecule has 0 spiro atoms. The molecule has 9 heteroatoms. The van der Waals surface area contributed by atoms with Crippen LogP contribution in [0.3, 0.4) is 0 Å². The van der Waals surface area contributed by atoms with E-state index >= 15 is 0 Å². The number of aromatic nitrogens is 6. The Labute approximate surface area is 131 Å². The smallest absolute Gasteiger partial charge is 0.360 e. The molecule has 3 heterocycles. The Morgan fingerprint density at radius 3 is 3.04 bits per heavy atom. The lowest BCUT2D eigenvalue weighted by Gasteiger charge is -2.01. The van der Waals surface area contributed by atoms with Gasteiger partial charge in [-0.25, -0.2) is 19.0 Å². The van der Waals surface area contributed by atoms with E-state index in [4.69, 9.17) is 9.47 Å². The van der Waals surface area contributed by atoms with Crippen molar-refractivity contribution in [2.24, 2.45) is 0 Å². The fraction of sp³-hybridized carbons (Fsp3) is 0.357. The van der Waals surface area contributed by atoms with Crippen LogP contribution in [0, 0.1) is 0 Å². The lowest BCUT2D eigenvalue weighted by atomic mass is 10.4. The molecule has 0 bridgehead atoms. The second-order valence-electron chi connectivity index (χ2n) is 4.84. The number of fused-ring (bicyclic) bond motifs is 1. The van der Waals surface area contributed by atoms with Crippen molar-refractivity contribution in [3.63, 3.8) is 0 Å². The van der Waals surface area contributed by atoms with Gasteiger partial charge in [0.05, 0.1) is 31.2 Å². The Balaban J connectivity index is 1.61. The third-order valence-corrected chi connectivity index (χ3v) is 3.08. The van der Waals surface area contributed by atoms with Gasteiger partial charge in [0.1, 0.15) is 0 Å². The van der Waals surface area contributed by atoms with E-state index in [1.165, 1.54) is 10.9 Å². The van der Waals surface area contributed by atoms with Gasteiger partial charge < -0.3 is 9.47 Å². The predicted molar refractivity (Wildman–Crippen MR) is 78.9 cm³/mol. The van der Waals surface area contributed by atoms with Crippen molar-refractivity contribution in [2.75, 3.05) is 20.3 Å². The van der Waals surface area contributed by atoms with Crippen molar-refractivity contribution in [1.82, 2.24) is 29.6 Å². The molecule has 9 nitrogen and oxygen atoms in total. The van der Waals surface area contributed by atoms with E-state index in [2.05, 4.69) is 20.4 Å². The van der Waals surface area contributed by atoms with E-state index in [0.717, 1.165) is 11.3 Å². The summed E-state index contributed by atoms with van der Waals surface area (Å²) < 4.78 is 13.2. The van der Waals surface area contributed by atoms with Crippen LogP contribution in [0.2, 0.25) is 0 Å². The fourth-order valence-corrected chi connectivity index (χ4v) is 2.03. The first kappa shape index (κ1) is 15.1. The highest BCUT2D eigenvalue weighted by Gasteiger charge is 2.13. The molecule has 0 radical (unpaired) electrons. The first-order valence-corrected chi connectivity index (χ1v) is 7.12. The minimum Gasteiger partial charge on any atom is -0.461 e. The molecule has 0 saturated carbocycles. The van der Waals surface area contributed by atoms with E-state index in [-0.39, 0.29) is 12.3 Å². The van der Waals surface area contributed by atoms with Crippen LogP contribution in [0.25, 0.3) is 5.65 Å². The van der Waals surface area contributed by atoms with Crippen LogP contribution < -0.4 is 0 Å². The summed E-state index contributed by atoms with van der Waals surface area (Å²) in [5.74, 6) is -0.496. The highest BCUT2D eigenvalue weighted by atomic mass is 16.5. The quantitative estimate of drug-likeness (QED) is 0.464. The maximum absolute atomic E-state index is 11.8. The van der Waals surface area contributed by atoms with Gasteiger partial charge in [-0.2, -0.15) is 5.10 Å². The van der Waals surface area contributed by atoms with Gasteiger partial charge in [-0.1, -0.05) is 5.21 Å². The van der Waals surface area contributed by atoms with Crippen LogP contribution in [0.1, 0.15) is 22.6 Å². The minimum atomic E-state index is -0.496. The molecule has 0 saturated heterocycles. The van der Waals surface area contributed by atoms with Gasteiger partial charge in [0.2, 0.25) is 0 Å². The number of carbonyl (C=O) groups excluding carboxylic acids is 1. The molecule has 0 aliphatic carbocycles. The van der Waals surface area contributed by atoms with Gasteiger partial charge in [0.25, 0.3) is 0 Å². The van der Waals surface area contributed by atoms with Gasteiger partial charge in [-0.05, 0) is 12.1 Å². The normalized spacial score (nSPS) is 11.0. The Kier molecular flexibility index (Phi) is 4.57. The summed E-state index contributed by atoms with van der Waals surface area (Å²) in [4.78, 5) is 16.2. The van der Waals surface area contributed by atoms with Crippen molar-refractivity contribution in [3.05, 3.63) is 42.1 Å². The molecule has 0 fully saturated rings. The molecule has 0 atom stereocenters. The molecular formula is C14H16N6O3. The molecule has 0 aliphatic heterocycles. The Hall–Kier alpha value is -2.81. The van der Waals surface area contributed by atoms with Crippen molar-refractivity contribution in [1.29, 1.82) is 0 Å². The van der Waals surface area contributed by atoms with Crippen LogP contribution in [0.5, 0.6) is 0 Å². The van der Waals surface area contributed by atoms with E-state index < -0.39 is 5.97 Å². The first-order valence-electron chi connectivity index (χ1n) is 7.12. The summed E-state index contributed by atoms with van der Waals surface area (Å²) in [7, 11) is 1.60. The van der Waals surface area contributed by atoms with E-state index in [1.54, 1.807) is 24.0 Å². The summed E-state index contributed by atoms with van der Waals surface area (Å²) in [5.41, 5.74) is 1.69. The second-order valence-corrected chi connectivity index (χ2v) is 4.84. The molecule has 0 amide bonds. The molecule has 23 heavy (non-hydrogen) atoms. The minimum absolute atomic E-state index is 0.171. The Bertz CT molecular complexity index is 764. The number of hydrogen-bond acceptors (Lipinski definition) is 7. The van der Waals surface area contributed by atoms with Gasteiger partial charge in [-0.3, -0.25) is 0 Å². The largest absolute Gasteiger partial charge is 0.461 e. The van der Waals surface area contributed by atoms with Crippen LogP contribution in [-0.4, -0.2) is 55.9 Å². The Morgan fingerprint density at radius 1 is 1.30 bits per heavy atom. The number of carbonyl (C=O) groups is 1. The average molecular weight is 316 g/mol. The van der Waals surface area contributed by atoms with Gasteiger partial charge in [0, 0.05) is 26.3 Å². The lowest BCUT2D eigenvalue weighted by Crippen LogP contribution is -2.08. The topological polar surface area (TPSA) is 96.4 Å². The average Bonchev–Trinajstić information content (AvgIpc) is 3.18. The zero-order chi connectivity index (χ0) is 16.1. The maximum Gasteiger partial charge on any atom is 0.360 e. The highest BCUT2D eigenvalue weighted by Crippen LogP contribution is 2.05. The van der Waals surface area contributed by atoms with Crippen LogP contribution in [0.4, 0.5) is 0 Å². The van der Waals surface area contributed by atoms with E-state index in [9.17, 15) is 4.79 Å². The predicted octanol–water partition coefficient (Wildman–Crippen LogP) is 0.562. The van der Waals surface area contributed by atoms with Gasteiger partial charge in [-0.15, -0.1) is 5.10 Å². The molecular weight excluding hydrogens is 300 g/mol. The standard InChI is InChI=1S/C14H16N6O3/c1-22-6-3-7-23-14(21)12-10-19(18-17-12)8-11-9-20-13(16-11)4-2-5-15-20/h2,4-5,9-10H,3,6-8H2,1H3. The summed E-state index contributed by atoms with van der Waals surface area (Å²) in [5, 5.41) is 11.9. The summed E-state index contributed by atoms with van der Waals surface area (Å²) in [6, 6.07) is 3.68. The number of rotatable bonds is 7. The number of methoxy groups -OCH3 is 1. The second kappa shape index (κ2) is 6.97. The van der Waals surface area contributed by atoms with Gasteiger partial charge in [0.15, 0.2) is 11.3 Å². The number of imidazole rings is 1. The van der Waals surface area contributed by atoms with Crippen molar-refractivity contribution < 1.29 is 14.3 Å². The maximum atomic E-state index is 11.8. The highest BCUT2D eigenvalue weighted by molar-refractivity contribution is 5.86. The molecule has 3 aromatic rings. The van der Waals surface area contributed by atoms with E-state index in [0.29, 0.717) is 19.6 Å². The summed E-state index contributed by atoms with van der Waals surface area (Å²) >= 11 is 0. The molecule has 3 rings (SSSR count). The Morgan fingerprint density at radius 2 is 2.22 bits per heavy atom. The summed E-state index contributed by atoms with van der Waals surface area (Å²) in [6.07, 6.45) is 5.67. The molecule has 0 unspecified atom stereocenters. The molecule has 0 aromatic carbocycles. The van der Waals surface area contributed by atoms with Crippen LogP contribution >= 0.6 is 0 Å². The SMILES string of the molecule is COCCCOC(=O)c1cn(Cc2cn3ncccc3n2)nn1. The first-order chi connectivity index (χ1) is 11.3. The lowest BCUT2D eigenvalue weighted by molar-refractivity contribution is 0.0461. The molecule has 0 aliphatic rings. The third kappa shape index (κ3) is 3.69. The molecule has 3 aromatic heterocycles. The van der Waals surface area contributed by atoms with Crippen molar-refractivity contribution in [2.45, 2.75) is 13.0 Å². The van der Waals surface area contributed by atoms with Gasteiger partial charge >= 0.3 is 5.97 Å². The number of nitrogens with zero attached hydrogens (tertiary/aromatic N) is 6. The third-order valence-electron chi connectivity index (χ3n) is 3.08. The number of ether oxygens (including phenoxy) is 2. The summed E-state index contributed by atoms with van der Waals surface area (Å²) in [6.45, 7) is 1.23. The molecule has 0 N–H and O–H groups in total. The monoisotopic (exact) mass is 316 g/mol. The number of esters is 1. The van der Waals surface area contributed by atoms with Crippen LogP contribution in [0.15, 0.2) is 30.7 Å².